The maximum Gasteiger partial charge on any atom is 0.105 e. The van der Waals surface area contributed by atoms with Gasteiger partial charge in [0.05, 0.1) is 17.1 Å². The third-order valence-corrected chi connectivity index (χ3v) is 4.73. The second-order valence-electron chi connectivity index (χ2n) is 6.80. The van der Waals surface area contributed by atoms with Crippen molar-refractivity contribution in [3.8, 4) is 6.07 Å². The molecule has 1 saturated heterocycles. The minimum atomic E-state index is -0.0922. The van der Waals surface area contributed by atoms with Gasteiger partial charge in [0.1, 0.15) is 6.10 Å². The van der Waals surface area contributed by atoms with Crippen molar-refractivity contribution in [3.05, 3.63) is 12.2 Å². The Morgan fingerprint density at radius 1 is 1.28 bits per heavy atom. The molecule has 0 radical (unpaired) electrons. The lowest BCUT2D eigenvalue weighted by molar-refractivity contribution is 0.144. The summed E-state index contributed by atoms with van der Waals surface area (Å²) < 4.78 is 5.93. The number of rotatable bonds is 3. The summed E-state index contributed by atoms with van der Waals surface area (Å²) in [5, 5.41) is 9.16. The average molecular weight is 247 g/mol. The monoisotopic (exact) mass is 247 g/mol. The van der Waals surface area contributed by atoms with Crippen LogP contribution in [0.25, 0.3) is 0 Å². The predicted octanol–water partition coefficient (Wildman–Crippen LogP) is 4.08. The van der Waals surface area contributed by atoms with E-state index in [9.17, 15) is 0 Å². The maximum atomic E-state index is 9.16. The molecule has 0 aromatic rings. The lowest BCUT2D eigenvalue weighted by Gasteiger charge is -2.34. The first-order valence-electron chi connectivity index (χ1n) is 7.17. The van der Waals surface area contributed by atoms with Crippen molar-refractivity contribution >= 4 is 0 Å². The van der Waals surface area contributed by atoms with E-state index >= 15 is 0 Å². The van der Waals surface area contributed by atoms with E-state index in [0.29, 0.717) is 17.9 Å². The highest BCUT2D eigenvalue weighted by atomic mass is 16.6. The zero-order chi connectivity index (χ0) is 13.4. The zero-order valence-electron chi connectivity index (χ0n) is 12.1. The molecule has 1 unspecified atom stereocenters. The Labute approximate surface area is 111 Å². The number of hydrogen-bond donors (Lipinski definition) is 0. The quantitative estimate of drug-likeness (QED) is 0.556. The van der Waals surface area contributed by atoms with E-state index in [4.69, 9.17) is 10.00 Å². The Bertz CT molecular complexity index is 371. The molecule has 0 bridgehead atoms. The number of nitrogens with zero attached hydrogens (tertiary/aromatic N) is 1. The number of allylic oxidation sites excluding steroid dienone is 1. The van der Waals surface area contributed by atoms with Gasteiger partial charge in [-0.05, 0) is 51.4 Å². The molecule has 2 heteroatoms. The van der Waals surface area contributed by atoms with Crippen molar-refractivity contribution in [3.63, 3.8) is 0 Å². The minimum absolute atomic E-state index is 0.0438. The summed E-state index contributed by atoms with van der Waals surface area (Å²) in [7, 11) is 0. The fourth-order valence-corrected chi connectivity index (χ4v) is 3.06. The Morgan fingerprint density at radius 2 is 1.89 bits per heavy atom. The molecular weight excluding hydrogens is 222 g/mol. The van der Waals surface area contributed by atoms with E-state index < -0.39 is 0 Å². The standard InChI is InChI=1S/C16H25NO/c1-12(2)5-6-14-16(4,18-14)13-7-9-15(3,11-17)10-8-13/h5-6,12-14H,7-10H2,1-4H3/b6-5+/t13?,14-,15?,16?/m1/s1. The van der Waals surface area contributed by atoms with E-state index in [1.807, 2.05) is 0 Å². The van der Waals surface area contributed by atoms with Gasteiger partial charge in [-0.2, -0.15) is 5.26 Å². The van der Waals surface area contributed by atoms with Gasteiger partial charge in [0.15, 0.2) is 0 Å². The summed E-state index contributed by atoms with van der Waals surface area (Å²) in [6, 6.07) is 2.47. The number of hydrogen-bond acceptors (Lipinski definition) is 2. The molecule has 2 aliphatic rings. The van der Waals surface area contributed by atoms with E-state index in [2.05, 4.69) is 45.9 Å². The van der Waals surface area contributed by atoms with Crippen molar-refractivity contribution < 1.29 is 4.74 Å². The highest BCUT2D eigenvalue weighted by Gasteiger charge is 2.56. The van der Waals surface area contributed by atoms with Crippen LogP contribution in [0.2, 0.25) is 0 Å². The van der Waals surface area contributed by atoms with Crippen LogP contribution in [0.15, 0.2) is 12.2 Å². The predicted molar refractivity (Wildman–Crippen MR) is 72.9 cm³/mol. The molecule has 2 rings (SSSR count). The van der Waals surface area contributed by atoms with Crippen LogP contribution in [-0.4, -0.2) is 11.7 Å². The first kappa shape index (κ1) is 13.6. The van der Waals surface area contributed by atoms with Crippen molar-refractivity contribution in [2.45, 2.75) is 65.1 Å². The van der Waals surface area contributed by atoms with Crippen LogP contribution in [0, 0.1) is 28.6 Å². The molecule has 2 atom stereocenters. The second kappa shape index (κ2) is 4.70. The SMILES string of the molecule is CC(C)/C=C/[C@H]1OC1(C)C1CCC(C)(C#N)CC1. The van der Waals surface area contributed by atoms with E-state index in [1.54, 1.807) is 0 Å². The molecule has 0 aromatic carbocycles. The molecule has 0 amide bonds. The largest absolute Gasteiger partial charge is 0.362 e. The van der Waals surface area contributed by atoms with Gasteiger partial charge in [-0.15, -0.1) is 0 Å². The Morgan fingerprint density at radius 3 is 2.39 bits per heavy atom. The molecule has 2 nitrogen and oxygen atoms in total. The molecule has 1 saturated carbocycles. The summed E-state index contributed by atoms with van der Waals surface area (Å²) in [4.78, 5) is 0. The van der Waals surface area contributed by atoms with Gasteiger partial charge < -0.3 is 4.74 Å². The van der Waals surface area contributed by atoms with Crippen LogP contribution < -0.4 is 0 Å². The van der Waals surface area contributed by atoms with E-state index in [-0.39, 0.29) is 11.0 Å². The number of nitriles is 1. The van der Waals surface area contributed by atoms with Crippen molar-refractivity contribution in [1.29, 1.82) is 5.26 Å². The molecule has 1 aliphatic heterocycles. The van der Waals surface area contributed by atoms with Gasteiger partial charge in [-0.25, -0.2) is 0 Å². The highest BCUT2D eigenvalue weighted by Crippen LogP contribution is 2.52. The number of epoxide rings is 1. The Balaban J connectivity index is 1.90. The second-order valence-corrected chi connectivity index (χ2v) is 6.80. The molecule has 100 valence electrons. The summed E-state index contributed by atoms with van der Waals surface area (Å²) in [6.45, 7) is 8.71. The normalized spacial score (nSPS) is 44.2. The maximum absolute atomic E-state index is 9.16. The van der Waals surface area contributed by atoms with Crippen LogP contribution in [0.3, 0.4) is 0 Å². The van der Waals surface area contributed by atoms with Gasteiger partial charge in [-0.3, -0.25) is 0 Å². The summed E-state index contributed by atoms with van der Waals surface area (Å²) in [6.07, 6.45) is 9.07. The van der Waals surface area contributed by atoms with Gasteiger partial charge in [-0.1, -0.05) is 26.0 Å². The van der Waals surface area contributed by atoms with Gasteiger partial charge in [0.25, 0.3) is 0 Å². The lowest BCUT2D eigenvalue weighted by Crippen LogP contribution is -2.31. The minimum Gasteiger partial charge on any atom is -0.362 e. The van der Waals surface area contributed by atoms with Crippen LogP contribution in [-0.2, 0) is 4.74 Å². The number of ether oxygens (including phenoxy) is 1. The highest BCUT2D eigenvalue weighted by molar-refractivity contribution is 5.15. The van der Waals surface area contributed by atoms with E-state index in [0.717, 1.165) is 25.7 Å². The Hall–Kier alpha value is -0.810. The van der Waals surface area contributed by atoms with E-state index in [1.165, 1.54) is 0 Å². The Kier molecular flexibility index (Phi) is 3.56. The van der Waals surface area contributed by atoms with Crippen molar-refractivity contribution in [2.24, 2.45) is 17.3 Å². The van der Waals surface area contributed by atoms with Gasteiger partial charge in [0, 0.05) is 0 Å². The zero-order valence-corrected chi connectivity index (χ0v) is 12.1. The molecule has 0 aromatic heterocycles. The first-order chi connectivity index (χ1) is 8.39. The molecule has 0 spiro atoms. The first-order valence-corrected chi connectivity index (χ1v) is 7.17. The molecular formula is C16H25NO. The fraction of sp³-hybridized carbons (Fsp3) is 0.812. The molecule has 0 N–H and O–H groups in total. The third-order valence-electron chi connectivity index (χ3n) is 4.73. The van der Waals surface area contributed by atoms with Gasteiger partial charge >= 0.3 is 0 Å². The summed E-state index contributed by atoms with van der Waals surface area (Å²) >= 11 is 0. The van der Waals surface area contributed by atoms with Crippen LogP contribution >= 0.6 is 0 Å². The third kappa shape index (κ3) is 2.62. The van der Waals surface area contributed by atoms with Crippen molar-refractivity contribution in [2.75, 3.05) is 0 Å². The van der Waals surface area contributed by atoms with Crippen LogP contribution in [0.4, 0.5) is 0 Å². The lowest BCUT2D eigenvalue weighted by atomic mass is 9.69. The van der Waals surface area contributed by atoms with Crippen molar-refractivity contribution in [1.82, 2.24) is 0 Å². The molecule has 2 fully saturated rings. The average Bonchev–Trinajstić information content (AvgIpc) is 3.00. The van der Waals surface area contributed by atoms with Gasteiger partial charge in [0.2, 0.25) is 0 Å². The fourth-order valence-electron chi connectivity index (χ4n) is 3.06. The summed E-state index contributed by atoms with van der Waals surface area (Å²) in [5.41, 5.74) is -0.0484. The molecule has 18 heavy (non-hydrogen) atoms. The van der Waals surface area contributed by atoms with Crippen LogP contribution in [0.1, 0.15) is 53.4 Å². The topological polar surface area (TPSA) is 36.3 Å². The molecule has 1 heterocycles. The van der Waals surface area contributed by atoms with Crippen LogP contribution in [0.5, 0.6) is 0 Å². The smallest absolute Gasteiger partial charge is 0.105 e. The summed E-state index contributed by atoms with van der Waals surface area (Å²) in [5.74, 6) is 1.22. The molecule has 1 aliphatic carbocycles.